The van der Waals surface area contributed by atoms with Gasteiger partial charge in [-0.25, -0.2) is 0 Å². The molecule has 0 fully saturated rings. The number of hydrogen-bond acceptors (Lipinski definition) is 4. The average Bonchev–Trinajstić information content (AvgIpc) is 2.87. The minimum absolute atomic E-state index is 0.672. The molecule has 4 nitrogen and oxygen atoms in total. The summed E-state index contributed by atoms with van der Waals surface area (Å²) in [4.78, 5) is 0. The summed E-state index contributed by atoms with van der Waals surface area (Å²) >= 11 is 0. The van der Waals surface area contributed by atoms with Crippen LogP contribution < -0.4 is 9.47 Å². The summed E-state index contributed by atoms with van der Waals surface area (Å²) < 4.78 is 11.5. The summed E-state index contributed by atoms with van der Waals surface area (Å²) in [6.07, 6.45) is -1.79. The molecule has 2 N–H and O–H groups in total. The number of aliphatic hydroxyl groups is 2. The van der Waals surface area contributed by atoms with E-state index in [9.17, 15) is 10.2 Å². The molecule has 0 saturated carbocycles. The molecular weight excluding hydrogens is 340 g/mol. The van der Waals surface area contributed by atoms with E-state index >= 15 is 0 Å². The standard InChI is InChI=1S/C23H20O4/c1-11-8-18-14-4-6-17(19(9-14)26-12(2)24)23-21(11)15-5-7-16(22(18)23)20(10-15)27-13(3)25/h4-10,12-13,24-25H,1-3H3. The SMILES string of the molecule is Cc1cc2c3c(c1-c1ccc-3c(OC(C)O)c1)-c1ccc-2cc1OC(C)O. The summed E-state index contributed by atoms with van der Waals surface area (Å²) in [5.74, 6) is 1.34. The van der Waals surface area contributed by atoms with Crippen molar-refractivity contribution in [3.63, 3.8) is 0 Å². The third-order valence-electron chi connectivity index (χ3n) is 5.22. The molecule has 136 valence electrons. The number of aryl methyl sites for hydroxylation is 1. The maximum absolute atomic E-state index is 9.80. The minimum Gasteiger partial charge on any atom is -0.465 e. The molecular formula is C23H20O4. The van der Waals surface area contributed by atoms with Crippen molar-refractivity contribution in [3.05, 3.63) is 48.0 Å². The van der Waals surface area contributed by atoms with E-state index in [1.807, 2.05) is 12.1 Å². The van der Waals surface area contributed by atoms with Crippen molar-refractivity contribution >= 4 is 0 Å². The Hall–Kier alpha value is -2.82. The van der Waals surface area contributed by atoms with Gasteiger partial charge in [0.2, 0.25) is 0 Å². The number of rotatable bonds is 4. The normalized spacial score (nSPS) is 14.6. The Kier molecular flexibility index (Phi) is 3.39. The van der Waals surface area contributed by atoms with Crippen LogP contribution in [0.4, 0.5) is 0 Å². The molecule has 3 aromatic rings. The molecule has 4 heteroatoms. The van der Waals surface area contributed by atoms with Crippen LogP contribution in [0.1, 0.15) is 19.4 Å². The predicted molar refractivity (Wildman–Crippen MR) is 105 cm³/mol. The van der Waals surface area contributed by atoms with Gasteiger partial charge in [-0.15, -0.1) is 0 Å². The van der Waals surface area contributed by atoms with Crippen molar-refractivity contribution in [1.82, 2.24) is 0 Å². The molecule has 0 amide bonds. The van der Waals surface area contributed by atoms with Crippen LogP contribution in [-0.4, -0.2) is 22.8 Å². The van der Waals surface area contributed by atoms with Gasteiger partial charge in [-0.1, -0.05) is 18.2 Å². The molecule has 0 radical (unpaired) electrons. The number of ether oxygens (including phenoxy) is 2. The van der Waals surface area contributed by atoms with Crippen LogP contribution in [0.5, 0.6) is 11.5 Å². The first-order valence-electron chi connectivity index (χ1n) is 9.10. The van der Waals surface area contributed by atoms with Gasteiger partial charge in [0.1, 0.15) is 11.5 Å². The van der Waals surface area contributed by atoms with E-state index < -0.39 is 12.6 Å². The predicted octanol–water partition coefficient (Wildman–Crippen LogP) is 4.72. The van der Waals surface area contributed by atoms with E-state index in [2.05, 4.69) is 37.3 Å². The Morgan fingerprint density at radius 2 is 1.22 bits per heavy atom. The molecule has 4 aliphatic rings. The van der Waals surface area contributed by atoms with Crippen LogP contribution in [-0.2, 0) is 0 Å². The van der Waals surface area contributed by atoms with Gasteiger partial charge < -0.3 is 19.7 Å². The van der Waals surface area contributed by atoms with Crippen LogP contribution in [0.3, 0.4) is 0 Å². The third-order valence-corrected chi connectivity index (χ3v) is 5.22. The van der Waals surface area contributed by atoms with Crippen LogP contribution in [0, 0.1) is 6.92 Å². The lowest BCUT2D eigenvalue weighted by molar-refractivity contribution is -0.000426. The highest BCUT2D eigenvalue weighted by Crippen LogP contribution is 2.57. The van der Waals surface area contributed by atoms with Gasteiger partial charge >= 0.3 is 0 Å². The fourth-order valence-corrected chi connectivity index (χ4v) is 4.31. The van der Waals surface area contributed by atoms with E-state index in [1.165, 1.54) is 5.56 Å². The van der Waals surface area contributed by atoms with Crippen LogP contribution in [0.2, 0.25) is 0 Å². The second kappa shape index (κ2) is 5.59. The Labute approximate surface area is 157 Å². The zero-order valence-corrected chi connectivity index (χ0v) is 15.4. The number of hydrogen-bond donors (Lipinski definition) is 2. The fourth-order valence-electron chi connectivity index (χ4n) is 4.31. The lowest BCUT2D eigenvalue weighted by Gasteiger charge is -2.17. The van der Waals surface area contributed by atoms with Crippen LogP contribution in [0.15, 0.2) is 42.5 Å². The number of fused-ring (bicyclic) bond motifs is 4. The van der Waals surface area contributed by atoms with Gasteiger partial charge in [0.05, 0.1) is 0 Å². The first kappa shape index (κ1) is 16.4. The number of aliphatic hydroxyl groups excluding tert-OH is 2. The summed E-state index contributed by atoms with van der Waals surface area (Å²) in [5, 5.41) is 19.6. The molecule has 3 aromatic carbocycles. The molecule has 7 rings (SSSR count). The highest BCUT2D eigenvalue weighted by molar-refractivity contribution is 6.09. The van der Waals surface area contributed by atoms with Gasteiger partial charge in [-0.3, -0.25) is 0 Å². The molecule has 0 aromatic heterocycles. The van der Waals surface area contributed by atoms with E-state index in [0.717, 1.165) is 44.5 Å². The summed E-state index contributed by atoms with van der Waals surface area (Å²) in [5.41, 5.74) is 9.57. The Morgan fingerprint density at radius 1 is 0.667 bits per heavy atom. The maximum atomic E-state index is 9.80. The summed E-state index contributed by atoms with van der Waals surface area (Å²) in [6.45, 7) is 5.33. The van der Waals surface area contributed by atoms with Gasteiger partial charge in [-0.2, -0.15) is 0 Å². The molecule has 0 heterocycles. The molecule has 2 atom stereocenters. The summed E-state index contributed by atoms with van der Waals surface area (Å²) in [7, 11) is 0. The van der Waals surface area contributed by atoms with E-state index in [-0.39, 0.29) is 0 Å². The highest BCUT2D eigenvalue weighted by atomic mass is 16.6. The van der Waals surface area contributed by atoms with E-state index in [4.69, 9.17) is 9.47 Å². The molecule has 0 aliphatic heterocycles. The zero-order chi connectivity index (χ0) is 18.9. The van der Waals surface area contributed by atoms with Crippen molar-refractivity contribution in [3.8, 4) is 56.0 Å². The van der Waals surface area contributed by atoms with Gasteiger partial charge in [0, 0.05) is 22.3 Å². The Bertz CT molecular complexity index is 1090. The largest absolute Gasteiger partial charge is 0.465 e. The second-order valence-corrected chi connectivity index (χ2v) is 7.22. The van der Waals surface area contributed by atoms with Crippen molar-refractivity contribution in [2.75, 3.05) is 0 Å². The lowest BCUT2D eigenvalue weighted by atomic mass is 9.87. The minimum atomic E-state index is -0.893. The van der Waals surface area contributed by atoms with E-state index in [0.29, 0.717) is 11.5 Å². The Morgan fingerprint density at radius 3 is 1.85 bits per heavy atom. The quantitative estimate of drug-likeness (QED) is 0.455. The van der Waals surface area contributed by atoms with Crippen LogP contribution >= 0.6 is 0 Å². The van der Waals surface area contributed by atoms with Crippen molar-refractivity contribution in [1.29, 1.82) is 0 Å². The first-order chi connectivity index (χ1) is 12.9. The highest BCUT2D eigenvalue weighted by Gasteiger charge is 2.31. The smallest absolute Gasteiger partial charge is 0.194 e. The topological polar surface area (TPSA) is 58.9 Å². The average molecular weight is 360 g/mol. The second-order valence-electron chi connectivity index (χ2n) is 7.22. The fraction of sp³-hybridized carbons (Fsp3) is 0.217. The first-order valence-corrected chi connectivity index (χ1v) is 9.10. The molecule has 8 bridgehead atoms. The van der Waals surface area contributed by atoms with E-state index in [1.54, 1.807) is 13.8 Å². The van der Waals surface area contributed by atoms with Crippen LogP contribution in [0.25, 0.3) is 44.5 Å². The Balaban J connectivity index is 1.88. The number of benzene rings is 3. The maximum Gasteiger partial charge on any atom is 0.194 e. The molecule has 2 unspecified atom stereocenters. The zero-order valence-electron chi connectivity index (χ0n) is 15.4. The van der Waals surface area contributed by atoms with Crippen molar-refractivity contribution < 1.29 is 19.7 Å². The molecule has 27 heavy (non-hydrogen) atoms. The third kappa shape index (κ3) is 2.30. The lowest BCUT2D eigenvalue weighted by Crippen LogP contribution is -2.10. The van der Waals surface area contributed by atoms with Crippen molar-refractivity contribution in [2.45, 2.75) is 33.4 Å². The van der Waals surface area contributed by atoms with Gasteiger partial charge in [0.25, 0.3) is 0 Å². The molecule has 0 saturated heterocycles. The van der Waals surface area contributed by atoms with Gasteiger partial charge in [-0.05, 0) is 72.9 Å². The van der Waals surface area contributed by atoms with Gasteiger partial charge in [0.15, 0.2) is 12.6 Å². The molecule has 4 aliphatic carbocycles. The molecule has 0 spiro atoms. The monoisotopic (exact) mass is 360 g/mol. The van der Waals surface area contributed by atoms with Crippen molar-refractivity contribution in [2.24, 2.45) is 0 Å². The summed E-state index contributed by atoms with van der Waals surface area (Å²) in [6, 6.07) is 14.5.